The Kier molecular flexibility index (Phi) is 6.23. The van der Waals surface area contributed by atoms with Crippen LogP contribution in [-0.4, -0.2) is 32.5 Å². The molecule has 2 atom stereocenters. The zero-order valence-corrected chi connectivity index (χ0v) is 17.0. The van der Waals surface area contributed by atoms with E-state index in [4.69, 9.17) is 4.74 Å². The average molecular weight is 402 g/mol. The van der Waals surface area contributed by atoms with E-state index >= 15 is 0 Å². The lowest BCUT2D eigenvalue weighted by Crippen LogP contribution is -2.24. The van der Waals surface area contributed by atoms with Crippen molar-refractivity contribution in [2.75, 3.05) is 6.61 Å². The van der Waals surface area contributed by atoms with Crippen molar-refractivity contribution in [1.82, 2.24) is 9.55 Å². The summed E-state index contributed by atoms with van der Waals surface area (Å²) < 4.78 is 8.06. The van der Waals surface area contributed by atoms with Gasteiger partial charge in [0.2, 0.25) is 0 Å². The molecule has 5 nitrogen and oxygen atoms in total. The average Bonchev–Trinajstić information content (AvgIpc) is 3.13. The first-order valence-corrected chi connectivity index (χ1v) is 10.1. The van der Waals surface area contributed by atoms with Gasteiger partial charge in [-0.3, -0.25) is 0 Å². The van der Waals surface area contributed by atoms with E-state index in [0.29, 0.717) is 12.4 Å². The van der Waals surface area contributed by atoms with Gasteiger partial charge in [-0.25, -0.2) is 4.98 Å². The number of aliphatic hydroxyl groups excluding tert-OH is 2. The summed E-state index contributed by atoms with van der Waals surface area (Å²) in [6.45, 7) is 2.33. The Labute approximate surface area is 176 Å². The van der Waals surface area contributed by atoms with Crippen molar-refractivity contribution in [2.24, 2.45) is 0 Å². The van der Waals surface area contributed by atoms with Crippen LogP contribution in [0.4, 0.5) is 0 Å². The van der Waals surface area contributed by atoms with Gasteiger partial charge in [0.25, 0.3) is 0 Å². The van der Waals surface area contributed by atoms with E-state index in [1.165, 1.54) is 5.56 Å². The van der Waals surface area contributed by atoms with E-state index < -0.39 is 6.10 Å². The van der Waals surface area contributed by atoms with Crippen LogP contribution in [0.3, 0.4) is 0 Å². The maximum absolute atomic E-state index is 10.7. The zero-order valence-electron chi connectivity index (χ0n) is 17.0. The molecular formula is C25H26N2O3. The molecule has 0 aliphatic heterocycles. The molecule has 0 spiro atoms. The first-order valence-electron chi connectivity index (χ1n) is 10.1. The summed E-state index contributed by atoms with van der Waals surface area (Å²) in [7, 11) is 0. The molecule has 0 unspecified atom stereocenters. The second-order valence-electron chi connectivity index (χ2n) is 7.47. The number of hydrogen-bond donors (Lipinski definition) is 2. The Balaban J connectivity index is 1.52. The molecule has 1 aromatic heterocycles. The van der Waals surface area contributed by atoms with Gasteiger partial charge in [0.15, 0.2) is 0 Å². The number of benzene rings is 3. The van der Waals surface area contributed by atoms with Gasteiger partial charge < -0.3 is 19.5 Å². The zero-order chi connectivity index (χ0) is 20.9. The predicted molar refractivity (Wildman–Crippen MR) is 117 cm³/mol. The van der Waals surface area contributed by atoms with Gasteiger partial charge in [0.1, 0.15) is 18.5 Å². The largest absolute Gasteiger partial charge is 0.389 e. The lowest BCUT2D eigenvalue weighted by molar-refractivity contribution is -0.000735. The Hall–Kier alpha value is -2.99. The van der Waals surface area contributed by atoms with Gasteiger partial charge in [-0.1, -0.05) is 72.3 Å². The minimum Gasteiger partial charge on any atom is -0.389 e. The number of nitrogens with zero attached hydrogens (tertiary/aromatic N) is 2. The Morgan fingerprint density at radius 1 is 0.900 bits per heavy atom. The summed E-state index contributed by atoms with van der Waals surface area (Å²) in [6, 6.07) is 25.9. The molecule has 4 aromatic rings. The van der Waals surface area contributed by atoms with Crippen LogP contribution in [0.5, 0.6) is 0 Å². The lowest BCUT2D eigenvalue weighted by atomic mass is 10.0. The Morgan fingerprint density at radius 2 is 1.57 bits per heavy atom. The third-order valence-electron chi connectivity index (χ3n) is 5.21. The highest BCUT2D eigenvalue weighted by atomic mass is 16.5. The van der Waals surface area contributed by atoms with Crippen molar-refractivity contribution in [3.8, 4) is 0 Å². The smallest absolute Gasteiger partial charge is 0.135 e. The van der Waals surface area contributed by atoms with Gasteiger partial charge in [-0.15, -0.1) is 0 Å². The maximum Gasteiger partial charge on any atom is 0.135 e. The molecule has 4 rings (SSSR count). The van der Waals surface area contributed by atoms with Crippen LogP contribution >= 0.6 is 0 Å². The maximum atomic E-state index is 10.7. The number of hydrogen-bond acceptors (Lipinski definition) is 4. The van der Waals surface area contributed by atoms with Crippen LogP contribution in [-0.2, 0) is 17.9 Å². The number of aryl methyl sites for hydroxylation is 1. The highest BCUT2D eigenvalue weighted by molar-refractivity contribution is 5.75. The highest BCUT2D eigenvalue weighted by Gasteiger charge is 2.18. The van der Waals surface area contributed by atoms with E-state index in [9.17, 15) is 10.2 Å². The monoisotopic (exact) mass is 402 g/mol. The van der Waals surface area contributed by atoms with Crippen molar-refractivity contribution in [2.45, 2.75) is 32.3 Å². The number of aromatic nitrogens is 2. The Morgan fingerprint density at radius 3 is 2.30 bits per heavy atom. The van der Waals surface area contributed by atoms with Gasteiger partial charge in [0.05, 0.1) is 30.3 Å². The van der Waals surface area contributed by atoms with E-state index in [2.05, 4.69) is 36.2 Å². The molecule has 5 heteroatoms. The van der Waals surface area contributed by atoms with E-state index in [1.807, 2.05) is 59.2 Å². The summed E-state index contributed by atoms with van der Waals surface area (Å²) >= 11 is 0. The molecule has 0 saturated carbocycles. The predicted octanol–water partition coefficient (Wildman–Crippen LogP) is 4.00. The summed E-state index contributed by atoms with van der Waals surface area (Å²) in [5.74, 6) is 0.536. The SMILES string of the molecule is Cc1ccc([C@H](OC[C@@H](O)Cn2c(CO)nc3ccccc32)c2ccccc2)cc1. The molecule has 0 fully saturated rings. The quantitative estimate of drug-likeness (QED) is 0.467. The molecule has 154 valence electrons. The minimum absolute atomic E-state index is 0.158. The van der Waals surface area contributed by atoms with Gasteiger partial charge in [0, 0.05) is 0 Å². The number of fused-ring (bicyclic) bond motifs is 1. The van der Waals surface area contributed by atoms with Crippen LogP contribution in [0.1, 0.15) is 28.6 Å². The molecule has 0 saturated heterocycles. The second kappa shape index (κ2) is 9.22. The van der Waals surface area contributed by atoms with E-state index in [0.717, 1.165) is 22.2 Å². The lowest BCUT2D eigenvalue weighted by Gasteiger charge is -2.22. The molecule has 3 aromatic carbocycles. The van der Waals surface area contributed by atoms with Crippen LogP contribution in [0, 0.1) is 6.92 Å². The van der Waals surface area contributed by atoms with Crippen molar-refractivity contribution >= 4 is 11.0 Å². The fourth-order valence-corrected chi connectivity index (χ4v) is 3.67. The molecule has 30 heavy (non-hydrogen) atoms. The molecule has 1 heterocycles. The van der Waals surface area contributed by atoms with E-state index in [-0.39, 0.29) is 19.3 Å². The first kappa shape index (κ1) is 20.3. The highest BCUT2D eigenvalue weighted by Crippen LogP contribution is 2.27. The summed E-state index contributed by atoms with van der Waals surface area (Å²) in [6.07, 6.45) is -1.01. The third kappa shape index (κ3) is 4.44. The van der Waals surface area contributed by atoms with Crippen molar-refractivity contribution in [3.05, 3.63) is 101 Å². The normalized spacial score (nSPS) is 13.4. The number of imidazole rings is 1. The fraction of sp³-hybridized carbons (Fsp3) is 0.240. The third-order valence-corrected chi connectivity index (χ3v) is 5.21. The molecular weight excluding hydrogens is 376 g/mol. The van der Waals surface area contributed by atoms with Gasteiger partial charge >= 0.3 is 0 Å². The van der Waals surface area contributed by atoms with Gasteiger partial charge in [-0.05, 0) is 30.2 Å². The van der Waals surface area contributed by atoms with Crippen LogP contribution in [0.15, 0.2) is 78.9 Å². The standard InChI is InChI=1S/C25H26N2O3/c1-18-11-13-20(14-12-18)25(19-7-3-2-4-8-19)30-17-21(29)15-27-23-10-6-5-9-22(23)26-24(27)16-28/h2-14,21,25,28-29H,15-17H2,1H3/t21-,25+/m0/s1. The van der Waals surface area contributed by atoms with Crippen LogP contribution in [0.2, 0.25) is 0 Å². The van der Waals surface area contributed by atoms with Crippen molar-refractivity contribution < 1.29 is 14.9 Å². The number of para-hydroxylation sites is 2. The van der Waals surface area contributed by atoms with Crippen LogP contribution < -0.4 is 0 Å². The van der Waals surface area contributed by atoms with Crippen molar-refractivity contribution in [3.63, 3.8) is 0 Å². The second-order valence-corrected chi connectivity index (χ2v) is 7.47. The molecule has 0 aliphatic rings. The Bertz CT molecular complexity index is 1090. The fourth-order valence-electron chi connectivity index (χ4n) is 3.67. The molecule has 0 aliphatic carbocycles. The minimum atomic E-state index is -0.746. The molecule has 0 amide bonds. The van der Waals surface area contributed by atoms with E-state index in [1.54, 1.807) is 0 Å². The van der Waals surface area contributed by atoms with Crippen molar-refractivity contribution in [1.29, 1.82) is 0 Å². The number of rotatable bonds is 8. The first-order chi connectivity index (χ1) is 14.7. The number of aliphatic hydroxyl groups is 2. The summed E-state index contributed by atoms with van der Waals surface area (Å²) in [5, 5.41) is 20.4. The van der Waals surface area contributed by atoms with Crippen LogP contribution in [0.25, 0.3) is 11.0 Å². The summed E-state index contributed by atoms with van der Waals surface area (Å²) in [5.41, 5.74) is 4.96. The molecule has 2 N–H and O–H groups in total. The summed E-state index contributed by atoms with van der Waals surface area (Å²) in [4.78, 5) is 4.44. The molecule has 0 radical (unpaired) electrons. The topological polar surface area (TPSA) is 67.5 Å². The molecule has 0 bridgehead atoms. The number of ether oxygens (including phenoxy) is 1. The van der Waals surface area contributed by atoms with Gasteiger partial charge in [-0.2, -0.15) is 0 Å².